The molecule has 0 atom stereocenters. The summed E-state index contributed by atoms with van der Waals surface area (Å²) in [5, 5.41) is 9.46. The second-order valence-electron chi connectivity index (χ2n) is 4.40. The first-order chi connectivity index (χ1) is 11.2. The van der Waals surface area contributed by atoms with Crippen molar-refractivity contribution >= 4 is 17.3 Å². The van der Waals surface area contributed by atoms with Crippen LogP contribution in [0.15, 0.2) is 40.1 Å². The van der Waals surface area contributed by atoms with E-state index in [9.17, 15) is 9.18 Å². The number of aromatic nitrogens is 2. The molecule has 23 heavy (non-hydrogen) atoms. The molecular formula is C15H11FN2O4S. The highest BCUT2D eigenvalue weighted by molar-refractivity contribution is 7.12. The SMILES string of the molecule is COC(=O)c1sccc1OCc1nnc(-c2ccc(F)cc2)o1. The van der Waals surface area contributed by atoms with E-state index in [-0.39, 0.29) is 24.2 Å². The smallest absolute Gasteiger partial charge is 0.351 e. The number of esters is 1. The number of nitrogens with zero attached hydrogens (tertiary/aromatic N) is 2. The molecule has 1 aromatic carbocycles. The lowest BCUT2D eigenvalue weighted by atomic mass is 10.2. The first kappa shape index (κ1) is 15.2. The summed E-state index contributed by atoms with van der Waals surface area (Å²) < 4.78 is 28.5. The van der Waals surface area contributed by atoms with Crippen LogP contribution in [0.4, 0.5) is 4.39 Å². The van der Waals surface area contributed by atoms with Crippen LogP contribution >= 0.6 is 11.3 Å². The van der Waals surface area contributed by atoms with Crippen molar-refractivity contribution in [3.8, 4) is 17.2 Å². The zero-order chi connectivity index (χ0) is 16.2. The second-order valence-corrected chi connectivity index (χ2v) is 5.32. The zero-order valence-corrected chi connectivity index (χ0v) is 12.8. The first-order valence-electron chi connectivity index (χ1n) is 6.54. The highest BCUT2D eigenvalue weighted by Gasteiger charge is 2.16. The summed E-state index contributed by atoms with van der Waals surface area (Å²) in [5.41, 5.74) is 0.607. The van der Waals surface area contributed by atoms with Gasteiger partial charge in [0.25, 0.3) is 5.89 Å². The largest absolute Gasteiger partial charge is 0.482 e. The summed E-state index contributed by atoms with van der Waals surface area (Å²) in [6.07, 6.45) is 0. The van der Waals surface area contributed by atoms with Crippen LogP contribution in [0, 0.1) is 5.82 Å². The lowest BCUT2D eigenvalue weighted by Crippen LogP contribution is -2.02. The van der Waals surface area contributed by atoms with Crippen LogP contribution in [0.25, 0.3) is 11.5 Å². The molecule has 8 heteroatoms. The topological polar surface area (TPSA) is 74.5 Å². The van der Waals surface area contributed by atoms with Crippen LogP contribution in [0.2, 0.25) is 0 Å². The summed E-state index contributed by atoms with van der Waals surface area (Å²) in [7, 11) is 1.30. The Labute approximate surface area is 134 Å². The van der Waals surface area contributed by atoms with Gasteiger partial charge in [0, 0.05) is 5.56 Å². The maximum absolute atomic E-state index is 12.9. The van der Waals surface area contributed by atoms with Crippen molar-refractivity contribution in [1.29, 1.82) is 0 Å². The van der Waals surface area contributed by atoms with Gasteiger partial charge in [0.1, 0.15) is 11.6 Å². The minimum absolute atomic E-state index is 0.00885. The van der Waals surface area contributed by atoms with Gasteiger partial charge >= 0.3 is 5.97 Å². The number of methoxy groups -OCH3 is 1. The molecule has 0 radical (unpaired) electrons. The van der Waals surface area contributed by atoms with Crippen LogP contribution < -0.4 is 4.74 Å². The van der Waals surface area contributed by atoms with Gasteiger partial charge in [-0.3, -0.25) is 0 Å². The Kier molecular flexibility index (Phi) is 4.33. The van der Waals surface area contributed by atoms with Gasteiger partial charge in [-0.05, 0) is 35.7 Å². The standard InChI is InChI=1S/C15H11FN2O4S/c1-20-15(19)13-11(6-7-23-13)21-8-12-17-18-14(22-12)9-2-4-10(16)5-3-9/h2-7H,8H2,1H3. The third kappa shape index (κ3) is 3.37. The molecule has 2 heterocycles. The Bertz CT molecular complexity index is 813. The van der Waals surface area contributed by atoms with E-state index >= 15 is 0 Å². The molecule has 0 fully saturated rings. The van der Waals surface area contributed by atoms with Gasteiger partial charge in [-0.25, -0.2) is 9.18 Å². The van der Waals surface area contributed by atoms with Gasteiger partial charge in [0.05, 0.1) is 7.11 Å². The van der Waals surface area contributed by atoms with Crippen molar-refractivity contribution in [3.63, 3.8) is 0 Å². The lowest BCUT2D eigenvalue weighted by Gasteiger charge is -2.03. The van der Waals surface area contributed by atoms with E-state index in [2.05, 4.69) is 14.9 Å². The lowest BCUT2D eigenvalue weighted by molar-refractivity contribution is 0.0601. The molecule has 2 aromatic heterocycles. The highest BCUT2D eigenvalue weighted by Crippen LogP contribution is 2.26. The highest BCUT2D eigenvalue weighted by atomic mass is 32.1. The normalized spacial score (nSPS) is 10.5. The van der Waals surface area contributed by atoms with Crippen LogP contribution in [0.1, 0.15) is 15.6 Å². The van der Waals surface area contributed by atoms with E-state index in [0.29, 0.717) is 16.2 Å². The van der Waals surface area contributed by atoms with Crippen molar-refractivity contribution in [2.24, 2.45) is 0 Å². The molecule has 0 aliphatic rings. The minimum Gasteiger partial charge on any atom is -0.482 e. The number of benzene rings is 1. The molecule has 3 aromatic rings. The van der Waals surface area contributed by atoms with E-state index in [1.54, 1.807) is 23.6 Å². The number of rotatable bonds is 5. The van der Waals surface area contributed by atoms with E-state index < -0.39 is 5.97 Å². The van der Waals surface area contributed by atoms with Crippen LogP contribution in [0.3, 0.4) is 0 Å². The van der Waals surface area contributed by atoms with Gasteiger partial charge in [-0.2, -0.15) is 0 Å². The molecule has 0 aliphatic heterocycles. The molecule has 0 saturated heterocycles. The van der Waals surface area contributed by atoms with E-state index in [1.165, 1.54) is 30.6 Å². The number of carbonyl (C=O) groups excluding carboxylic acids is 1. The van der Waals surface area contributed by atoms with Crippen molar-refractivity contribution < 1.29 is 23.1 Å². The molecule has 0 unspecified atom stereocenters. The zero-order valence-electron chi connectivity index (χ0n) is 12.0. The number of hydrogen-bond acceptors (Lipinski definition) is 7. The van der Waals surface area contributed by atoms with E-state index in [0.717, 1.165) is 0 Å². The van der Waals surface area contributed by atoms with Crippen molar-refractivity contribution in [2.45, 2.75) is 6.61 Å². The Morgan fingerprint density at radius 3 is 2.78 bits per heavy atom. The van der Waals surface area contributed by atoms with Gasteiger partial charge in [0.2, 0.25) is 5.89 Å². The summed E-state index contributed by atoms with van der Waals surface area (Å²) in [6, 6.07) is 7.37. The first-order valence-corrected chi connectivity index (χ1v) is 7.42. The monoisotopic (exact) mass is 334 g/mol. The molecule has 118 valence electrons. The average molecular weight is 334 g/mol. The van der Waals surface area contributed by atoms with Gasteiger partial charge in [0.15, 0.2) is 11.5 Å². The molecule has 0 saturated carbocycles. The Hall–Kier alpha value is -2.74. The number of carbonyl (C=O) groups is 1. The molecule has 0 amide bonds. The van der Waals surface area contributed by atoms with E-state index in [1.807, 2.05) is 0 Å². The minimum atomic E-state index is -0.465. The third-order valence-electron chi connectivity index (χ3n) is 2.91. The Morgan fingerprint density at radius 2 is 2.04 bits per heavy atom. The van der Waals surface area contributed by atoms with Gasteiger partial charge in [-0.1, -0.05) is 0 Å². The second kappa shape index (κ2) is 6.57. The van der Waals surface area contributed by atoms with Crippen LogP contribution in [0.5, 0.6) is 5.75 Å². The van der Waals surface area contributed by atoms with Crippen LogP contribution in [-0.2, 0) is 11.3 Å². The quantitative estimate of drug-likeness (QED) is 0.667. The maximum Gasteiger partial charge on any atom is 0.351 e. The third-order valence-corrected chi connectivity index (χ3v) is 3.78. The van der Waals surface area contributed by atoms with Crippen molar-refractivity contribution in [3.05, 3.63) is 52.3 Å². The number of ether oxygens (including phenoxy) is 2. The Balaban J connectivity index is 1.69. The summed E-state index contributed by atoms with van der Waals surface area (Å²) in [4.78, 5) is 11.9. The predicted molar refractivity (Wildman–Crippen MR) is 79.7 cm³/mol. The summed E-state index contributed by atoms with van der Waals surface area (Å²) >= 11 is 1.22. The molecular weight excluding hydrogens is 323 g/mol. The molecule has 0 aliphatic carbocycles. The Morgan fingerprint density at radius 1 is 1.26 bits per heavy atom. The predicted octanol–water partition coefficient (Wildman–Crippen LogP) is 3.30. The molecule has 6 nitrogen and oxygen atoms in total. The van der Waals surface area contributed by atoms with E-state index in [4.69, 9.17) is 9.15 Å². The summed E-state index contributed by atoms with van der Waals surface area (Å²) in [6.45, 7) is 0.00885. The van der Waals surface area contributed by atoms with Crippen molar-refractivity contribution in [2.75, 3.05) is 7.11 Å². The van der Waals surface area contributed by atoms with Gasteiger partial charge < -0.3 is 13.9 Å². The van der Waals surface area contributed by atoms with Crippen LogP contribution in [-0.4, -0.2) is 23.3 Å². The van der Waals surface area contributed by atoms with Gasteiger partial charge in [-0.15, -0.1) is 21.5 Å². The molecule has 0 bridgehead atoms. The van der Waals surface area contributed by atoms with Crippen molar-refractivity contribution in [1.82, 2.24) is 10.2 Å². The molecule has 0 N–H and O–H groups in total. The fourth-order valence-electron chi connectivity index (χ4n) is 1.81. The summed E-state index contributed by atoms with van der Waals surface area (Å²) in [5.74, 6) is 0.0917. The average Bonchev–Trinajstić information content (AvgIpc) is 3.22. The number of halogens is 1. The molecule has 0 spiro atoms. The number of thiophene rings is 1. The fraction of sp³-hybridized carbons (Fsp3) is 0.133. The number of hydrogen-bond donors (Lipinski definition) is 0. The molecule has 3 rings (SSSR count). The fourth-order valence-corrected chi connectivity index (χ4v) is 2.56. The maximum atomic E-state index is 12.9.